The standard InChI is InChI=1S/C22H23N3O4S2/c1-15(11-12-18-10-7-13-28-18)25(3)31(26,27)20-14-19(30-16(20)2)22-23-21(24-29-22)17-8-5-4-6-9-17/h4-10,13-15H,11-12H2,1-3H3/t15-/m1/s1. The molecule has 0 radical (unpaired) electrons. The molecule has 4 aromatic rings. The molecular weight excluding hydrogens is 434 g/mol. The Labute approximate surface area is 185 Å². The maximum atomic E-state index is 13.3. The predicted octanol–water partition coefficient (Wildman–Crippen LogP) is 5.01. The number of benzene rings is 1. The molecule has 1 aromatic carbocycles. The first kappa shape index (κ1) is 21.5. The molecule has 0 spiro atoms. The maximum absolute atomic E-state index is 13.3. The number of sulfonamides is 1. The first-order chi connectivity index (χ1) is 14.9. The lowest BCUT2D eigenvalue weighted by molar-refractivity contribution is 0.361. The number of thiophene rings is 1. The summed E-state index contributed by atoms with van der Waals surface area (Å²) >= 11 is 1.33. The van der Waals surface area contributed by atoms with E-state index in [1.807, 2.05) is 49.4 Å². The van der Waals surface area contributed by atoms with Gasteiger partial charge in [0.25, 0.3) is 5.89 Å². The molecule has 0 unspecified atom stereocenters. The largest absolute Gasteiger partial charge is 0.469 e. The van der Waals surface area contributed by atoms with E-state index in [0.717, 1.165) is 11.3 Å². The SMILES string of the molecule is Cc1sc(-c2nc(-c3ccccc3)no2)cc1S(=O)(=O)N(C)[C@H](C)CCc1ccco1. The van der Waals surface area contributed by atoms with Gasteiger partial charge in [0.2, 0.25) is 15.8 Å². The van der Waals surface area contributed by atoms with Crippen LogP contribution in [0.15, 0.2) is 68.6 Å². The molecule has 0 fully saturated rings. The molecular formula is C22H23N3O4S2. The van der Waals surface area contributed by atoms with Crippen LogP contribution in [0.25, 0.3) is 22.2 Å². The third-order valence-electron chi connectivity index (χ3n) is 5.21. The summed E-state index contributed by atoms with van der Waals surface area (Å²) in [5, 5.41) is 4.03. The van der Waals surface area contributed by atoms with Gasteiger partial charge in [0, 0.05) is 30.0 Å². The number of rotatable bonds is 8. The minimum absolute atomic E-state index is 0.189. The van der Waals surface area contributed by atoms with Crippen LogP contribution >= 0.6 is 11.3 Å². The molecule has 0 saturated carbocycles. The summed E-state index contributed by atoms with van der Waals surface area (Å²) in [5.74, 6) is 1.62. The minimum Gasteiger partial charge on any atom is -0.469 e. The molecule has 0 saturated heterocycles. The van der Waals surface area contributed by atoms with Gasteiger partial charge in [-0.05, 0) is 38.5 Å². The van der Waals surface area contributed by atoms with E-state index in [9.17, 15) is 8.42 Å². The van der Waals surface area contributed by atoms with E-state index in [0.29, 0.717) is 34.3 Å². The van der Waals surface area contributed by atoms with Crippen LogP contribution in [-0.4, -0.2) is 36.0 Å². The Balaban J connectivity index is 1.54. The maximum Gasteiger partial charge on any atom is 0.268 e. The van der Waals surface area contributed by atoms with Crippen molar-refractivity contribution in [1.82, 2.24) is 14.4 Å². The van der Waals surface area contributed by atoms with Crippen molar-refractivity contribution in [3.05, 3.63) is 65.4 Å². The molecule has 1 atom stereocenters. The third kappa shape index (κ3) is 4.48. The number of nitrogens with zero attached hydrogens (tertiary/aromatic N) is 3. The van der Waals surface area contributed by atoms with Crippen molar-refractivity contribution in [2.24, 2.45) is 0 Å². The lowest BCUT2D eigenvalue weighted by Crippen LogP contribution is -2.35. The van der Waals surface area contributed by atoms with Crippen LogP contribution in [0, 0.1) is 6.92 Å². The zero-order chi connectivity index (χ0) is 22.0. The van der Waals surface area contributed by atoms with Gasteiger partial charge in [0.1, 0.15) is 5.76 Å². The van der Waals surface area contributed by atoms with E-state index in [4.69, 9.17) is 8.94 Å². The molecule has 9 heteroatoms. The first-order valence-electron chi connectivity index (χ1n) is 9.86. The van der Waals surface area contributed by atoms with E-state index >= 15 is 0 Å². The molecule has 3 heterocycles. The Bertz CT molecular complexity index is 1250. The summed E-state index contributed by atoms with van der Waals surface area (Å²) in [7, 11) is -2.06. The molecule has 7 nitrogen and oxygen atoms in total. The Hall–Kier alpha value is -2.75. The smallest absolute Gasteiger partial charge is 0.268 e. The summed E-state index contributed by atoms with van der Waals surface area (Å²) in [5.41, 5.74) is 0.837. The highest BCUT2D eigenvalue weighted by Crippen LogP contribution is 2.35. The zero-order valence-corrected chi connectivity index (χ0v) is 19.1. The van der Waals surface area contributed by atoms with Crippen molar-refractivity contribution in [3.63, 3.8) is 0 Å². The number of hydrogen-bond acceptors (Lipinski definition) is 7. The Morgan fingerprint density at radius 2 is 1.94 bits per heavy atom. The van der Waals surface area contributed by atoms with Gasteiger partial charge in [-0.2, -0.15) is 9.29 Å². The number of hydrogen-bond donors (Lipinski definition) is 0. The van der Waals surface area contributed by atoms with Gasteiger partial charge in [0.05, 0.1) is 16.0 Å². The van der Waals surface area contributed by atoms with E-state index in [2.05, 4.69) is 10.1 Å². The summed E-state index contributed by atoms with van der Waals surface area (Å²) in [6, 6.07) is 14.6. The van der Waals surface area contributed by atoms with E-state index in [-0.39, 0.29) is 10.9 Å². The second-order valence-corrected chi connectivity index (χ2v) is 10.5. The summed E-state index contributed by atoms with van der Waals surface area (Å²) in [6.45, 7) is 3.68. The Morgan fingerprint density at radius 1 is 1.16 bits per heavy atom. The van der Waals surface area contributed by atoms with Crippen LogP contribution in [0.4, 0.5) is 0 Å². The van der Waals surface area contributed by atoms with Crippen molar-refractivity contribution < 1.29 is 17.4 Å². The average Bonchev–Trinajstić information content (AvgIpc) is 3.52. The minimum atomic E-state index is -3.67. The lowest BCUT2D eigenvalue weighted by atomic mass is 10.1. The normalized spacial score (nSPS) is 13.0. The Kier molecular flexibility index (Phi) is 6.08. The molecule has 0 aliphatic carbocycles. The van der Waals surface area contributed by atoms with Gasteiger partial charge in [-0.3, -0.25) is 0 Å². The summed E-state index contributed by atoms with van der Waals surface area (Å²) in [4.78, 5) is 6.01. The van der Waals surface area contributed by atoms with E-state index < -0.39 is 10.0 Å². The van der Waals surface area contributed by atoms with E-state index in [1.165, 1.54) is 15.6 Å². The van der Waals surface area contributed by atoms with Crippen LogP contribution in [0.5, 0.6) is 0 Å². The second kappa shape index (κ2) is 8.78. The zero-order valence-electron chi connectivity index (χ0n) is 17.5. The highest BCUT2D eigenvalue weighted by molar-refractivity contribution is 7.89. The fourth-order valence-corrected chi connectivity index (χ4v) is 6.11. The lowest BCUT2D eigenvalue weighted by Gasteiger charge is -2.24. The van der Waals surface area contributed by atoms with Gasteiger partial charge in [-0.25, -0.2) is 8.42 Å². The third-order valence-corrected chi connectivity index (χ3v) is 8.47. The van der Waals surface area contributed by atoms with Gasteiger partial charge in [-0.15, -0.1) is 11.3 Å². The summed E-state index contributed by atoms with van der Waals surface area (Å²) in [6.07, 6.45) is 2.95. The number of aryl methyl sites for hydroxylation is 2. The van der Waals surface area contributed by atoms with Crippen molar-refractivity contribution in [2.75, 3.05) is 7.05 Å². The molecule has 3 aromatic heterocycles. The first-order valence-corrected chi connectivity index (χ1v) is 12.1. The van der Waals surface area contributed by atoms with E-state index in [1.54, 1.807) is 26.3 Å². The fraction of sp³-hybridized carbons (Fsp3) is 0.273. The van der Waals surface area contributed by atoms with Gasteiger partial charge < -0.3 is 8.94 Å². The Morgan fingerprint density at radius 3 is 2.65 bits per heavy atom. The van der Waals surface area contributed by atoms with Gasteiger partial charge >= 0.3 is 0 Å². The van der Waals surface area contributed by atoms with Crippen molar-refractivity contribution in [2.45, 2.75) is 37.6 Å². The predicted molar refractivity (Wildman–Crippen MR) is 119 cm³/mol. The fourth-order valence-electron chi connectivity index (χ4n) is 3.23. The van der Waals surface area contributed by atoms with Crippen LogP contribution in [0.3, 0.4) is 0 Å². The van der Waals surface area contributed by atoms with Gasteiger partial charge in [-0.1, -0.05) is 35.5 Å². The number of aromatic nitrogens is 2. The quantitative estimate of drug-likeness (QED) is 0.370. The molecule has 4 rings (SSSR count). The van der Waals surface area contributed by atoms with Crippen LogP contribution in [-0.2, 0) is 16.4 Å². The average molecular weight is 458 g/mol. The van der Waals surface area contributed by atoms with Crippen molar-refractivity contribution >= 4 is 21.4 Å². The van der Waals surface area contributed by atoms with Gasteiger partial charge in [0.15, 0.2) is 0 Å². The molecule has 31 heavy (non-hydrogen) atoms. The molecule has 0 amide bonds. The highest BCUT2D eigenvalue weighted by Gasteiger charge is 2.29. The molecule has 0 aliphatic rings. The second-order valence-electron chi connectivity index (χ2n) is 7.31. The van der Waals surface area contributed by atoms with Crippen LogP contribution < -0.4 is 0 Å². The molecule has 162 valence electrons. The van der Waals surface area contributed by atoms with Crippen LogP contribution in [0.2, 0.25) is 0 Å². The molecule has 0 aliphatic heterocycles. The number of furan rings is 1. The summed E-state index contributed by atoms with van der Waals surface area (Å²) < 4.78 is 38.7. The monoisotopic (exact) mass is 457 g/mol. The molecule has 0 bridgehead atoms. The molecule has 0 N–H and O–H groups in total. The topological polar surface area (TPSA) is 89.4 Å². The highest BCUT2D eigenvalue weighted by atomic mass is 32.2. The van der Waals surface area contributed by atoms with Crippen molar-refractivity contribution in [1.29, 1.82) is 0 Å². The van der Waals surface area contributed by atoms with Crippen molar-refractivity contribution in [3.8, 4) is 22.2 Å². The van der Waals surface area contributed by atoms with Crippen LogP contribution in [0.1, 0.15) is 24.0 Å².